The Kier molecular flexibility index (Phi) is 10.3. The van der Waals surface area contributed by atoms with Crippen LogP contribution in [0.25, 0.3) is 0 Å². The number of aryl methyl sites for hydroxylation is 2. The molecule has 3 N–H and O–H groups in total. The maximum Gasteiger partial charge on any atom is 0.348 e. The molecule has 5 nitrogen and oxygen atoms in total. The summed E-state index contributed by atoms with van der Waals surface area (Å²) in [5.74, 6) is -0.155. The zero-order chi connectivity index (χ0) is 24.0. The van der Waals surface area contributed by atoms with Gasteiger partial charge in [0.2, 0.25) is 0 Å². The van der Waals surface area contributed by atoms with E-state index in [0.717, 1.165) is 42.5 Å². The molecule has 1 saturated carbocycles. The van der Waals surface area contributed by atoms with Crippen molar-refractivity contribution in [1.82, 2.24) is 0 Å². The third-order valence-corrected chi connectivity index (χ3v) is 8.17. The molecular weight excluding hydrogens is 507 g/mol. The van der Waals surface area contributed by atoms with Gasteiger partial charge in [-0.05, 0) is 86.3 Å². The van der Waals surface area contributed by atoms with E-state index < -0.39 is 24.8 Å². The summed E-state index contributed by atoms with van der Waals surface area (Å²) in [4.78, 5) is 13.6. The molecule has 33 heavy (non-hydrogen) atoms. The van der Waals surface area contributed by atoms with Crippen molar-refractivity contribution in [2.75, 3.05) is 13.2 Å². The third kappa shape index (κ3) is 7.82. The van der Waals surface area contributed by atoms with E-state index in [1.54, 1.807) is 12.1 Å². The van der Waals surface area contributed by atoms with Crippen molar-refractivity contribution in [2.45, 2.75) is 56.1 Å². The fourth-order valence-corrected chi connectivity index (χ4v) is 6.46. The van der Waals surface area contributed by atoms with Gasteiger partial charge in [-0.3, -0.25) is 0 Å². The highest BCUT2D eigenvalue weighted by Crippen LogP contribution is 2.42. The lowest BCUT2D eigenvalue weighted by molar-refractivity contribution is 0.00971. The van der Waals surface area contributed by atoms with Gasteiger partial charge < -0.3 is 20.1 Å². The van der Waals surface area contributed by atoms with E-state index in [9.17, 15) is 15.0 Å². The van der Waals surface area contributed by atoms with Crippen molar-refractivity contribution in [2.24, 2.45) is 11.8 Å². The lowest BCUT2D eigenvalue weighted by Gasteiger charge is -2.23. The molecule has 0 aliphatic heterocycles. The van der Waals surface area contributed by atoms with Crippen LogP contribution < -0.4 is 0 Å². The number of ether oxygens (including phenoxy) is 1. The first kappa shape index (κ1) is 26.7. The number of rotatable bonds is 11. The minimum absolute atomic E-state index is 0.0558. The van der Waals surface area contributed by atoms with Crippen LogP contribution in [0.5, 0.6) is 0 Å². The van der Waals surface area contributed by atoms with Crippen LogP contribution in [0.1, 0.15) is 45.8 Å². The number of alkyl halides is 1. The molecule has 3 rings (SSSR count). The van der Waals surface area contributed by atoms with Crippen LogP contribution in [0.3, 0.4) is 0 Å². The standard InChI is InChI=1S/C24H29Cl3O5S/c25-15-8-14(9-16(26)10-15)4-6-20-19(21(27)11-22(20)30)3-1-2-18-5-7-23(33-18)24(31)32-13-17(29)12-28/h5,7-10,17,19-22,28-30H,1-4,6,11-13H2/t17?,19-,20-,21-,22-/m1/s1. The van der Waals surface area contributed by atoms with Crippen molar-refractivity contribution in [1.29, 1.82) is 0 Å². The van der Waals surface area contributed by atoms with Gasteiger partial charge in [0.05, 0.1) is 12.7 Å². The molecule has 1 unspecified atom stereocenters. The molecule has 1 heterocycles. The van der Waals surface area contributed by atoms with Crippen LogP contribution >= 0.6 is 46.1 Å². The highest BCUT2D eigenvalue weighted by atomic mass is 35.5. The number of carbonyl (C=O) groups is 1. The zero-order valence-electron chi connectivity index (χ0n) is 18.1. The van der Waals surface area contributed by atoms with Crippen LogP contribution in [0.4, 0.5) is 0 Å². The first-order chi connectivity index (χ1) is 15.8. The summed E-state index contributed by atoms with van der Waals surface area (Å²) in [7, 11) is 0. The van der Waals surface area contributed by atoms with Crippen LogP contribution in [-0.2, 0) is 17.6 Å². The third-order valence-electron chi connectivity index (χ3n) is 6.11. The summed E-state index contributed by atoms with van der Waals surface area (Å²) >= 11 is 20.2. The predicted octanol–water partition coefficient (Wildman–Crippen LogP) is 5.12. The Bertz CT molecular complexity index is 901. The molecule has 0 radical (unpaired) electrons. The Morgan fingerprint density at radius 2 is 1.85 bits per heavy atom. The van der Waals surface area contributed by atoms with Crippen molar-refractivity contribution < 1.29 is 24.9 Å². The summed E-state index contributed by atoms with van der Waals surface area (Å²) < 4.78 is 5.00. The number of hydrogen-bond acceptors (Lipinski definition) is 6. The van der Waals surface area contributed by atoms with E-state index >= 15 is 0 Å². The largest absolute Gasteiger partial charge is 0.459 e. The minimum atomic E-state index is -1.07. The molecule has 1 fully saturated rings. The first-order valence-corrected chi connectivity index (χ1v) is 13.1. The van der Waals surface area contributed by atoms with Gasteiger partial charge in [0.1, 0.15) is 17.6 Å². The minimum Gasteiger partial charge on any atom is -0.459 e. The van der Waals surface area contributed by atoms with E-state index in [2.05, 4.69) is 0 Å². The van der Waals surface area contributed by atoms with Gasteiger partial charge in [-0.15, -0.1) is 22.9 Å². The average Bonchev–Trinajstić information content (AvgIpc) is 3.34. The second-order valence-electron chi connectivity index (χ2n) is 8.56. The van der Waals surface area contributed by atoms with Gasteiger partial charge in [0, 0.05) is 20.3 Å². The summed E-state index contributed by atoms with van der Waals surface area (Å²) in [5.41, 5.74) is 1.06. The number of aliphatic hydroxyl groups excluding tert-OH is 3. The monoisotopic (exact) mass is 534 g/mol. The van der Waals surface area contributed by atoms with Gasteiger partial charge in [-0.1, -0.05) is 23.2 Å². The maximum absolute atomic E-state index is 12.0. The van der Waals surface area contributed by atoms with Gasteiger partial charge >= 0.3 is 5.97 Å². The van der Waals surface area contributed by atoms with Crippen molar-refractivity contribution >= 4 is 52.1 Å². The number of thiophene rings is 1. The highest BCUT2D eigenvalue weighted by molar-refractivity contribution is 7.13. The normalized spacial score (nSPS) is 23.6. The molecule has 1 aromatic carbocycles. The molecule has 1 aromatic heterocycles. The summed E-state index contributed by atoms with van der Waals surface area (Å²) in [5, 5.41) is 29.9. The van der Waals surface area contributed by atoms with E-state index in [4.69, 9.17) is 44.6 Å². The molecule has 1 aliphatic rings. The van der Waals surface area contributed by atoms with Crippen molar-refractivity contribution in [3.05, 3.63) is 55.7 Å². The van der Waals surface area contributed by atoms with Gasteiger partial charge in [-0.25, -0.2) is 4.79 Å². The first-order valence-electron chi connectivity index (χ1n) is 11.1. The highest BCUT2D eigenvalue weighted by Gasteiger charge is 2.40. The average molecular weight is 536 g/mol. The molecular formula is C24H29Cl3O5S. The fraction of sp³-hybridized carbons (Fsp3) is 0.542. The zero-order valence-corrected chi connectivity index (χ0v) is 21.2. The van der Waals surface area contributed by atoms with Crippen LogP contribution in [-0.4, -0.2) is 52.1 Å². The topological polar surface area (TPSA) is 87.0 Å². The Morgan fingerprint density at radius 3 is 2.55 bits per heavy atom. The number of benzene rings is 1. The summed E-state index contributed by atoms with van der Waals surface area (Å²) in [6.45, 7) is -0.680. The second-order valence-corrected chi connectivity index (χ2v) is 11.2. The van der Waals surface area contributed by atoms with Gasteiger partial charge in [0.25, 0.3) is 0 Å². The number of aliphatic hydroxyl groups is 3. The van der Waals surface area contributed by atoms with Gasteiger partial charge in [0.15, 0.2) is 0 Å². The SMILES string of the molecule is O=C(OCC(O)CO)c1ccc(CCC[C@@H]2[C@@H](CCc3cc(Cl)cc(Cl)c3)[C@H](O)C[C@H]2Cl)s1. The molecule has 0 saturated heterocycles. The lowest BCUT2D eigenvalue weighted by atomic mass is 9.85. The molecule has 2 aromatic rings. The Balaban J connectivity index is 1.50. The quantitative estimate of drug-likeness (QED) is 0.274. The van der Waals surface area contributed by atoms with Crippen molar-refractivity contribution in [3.63, 3.8) is 0 Å². The molecule has 182 valence electrons. The van der Waals surface area contributed by atoms with E-state index in [1.165, 1.54) is 11.3 Å². The lowest BCUT2D eigenvalue weighted by Crippen LogP contribution is -2.21. The Hall–Kier alpha value is -0.860. The molecule has 0 spiro atoms. The van der Waals surface area contributed by atoms with Crippen LogP contribution in [0.2, 0.25) is 10.0 Å². The fourth-order valence-electron chi connectivity index (χ4n) is 4.45. The molecule has 5 atom stereocenters. The maximum atomic E-state index is 12.0. The second kappa shape index (κ2) is 12.7. The summed E-state index contributed by atoms with van der Waals surface area (Å²) in [6, 6.07) is 9.16. The Labute approximate surface area is 213 Å². The smallest absolute Gasteiger partial charge is 0.348 e. The predicted molar refractivity (Wildman–Crippen MR) is 133 cm³/mol. The molecule has 1 aliphatic carbocycles. The Morgan fingerprint density at radius 1 is 1.12 bits per heavy atom. The molecule has 0 bridgehead atoms. The molecule has 9 heteroatoms. The van der Waals surface area contributed by atoms with Gasteiger partial charge in [-0.2, -0.15) is 0 Å². The van der Waals surface area contributed by atoms with E-state index in [1.807, 2.05) is 18.2 Å². The molecule has 0 amide bonds. The number of esters is 1. The van der Waals surface area contributed by atoms with Crippen LogP contribution in [0, 0.1) is 11.8 Å². The number of carbonyl (C=O) groups excluding carboxylic acids is 1. The van der Waals surface area contributed by atoms with Crippen LogP contribution in [0.15, 0.2) is 30.3 Å². The van der Waals surface area contributed by atoms with Crippen molar-refractivity contribution in [3.8, 4) is 0 Å². The van der Waals surface area contributed by atoms with E-state index in [0.29, 0.717) is 21.3 Å². The number of hydrogen-bond donors (Lipinski definition) is 3. The summed E-state index contributed by atoms with van der Waals surface area (Å²) in [6.07, 6.45) is 3.33. The number of halogens is 3. The van der Waals surface area contributed by atoms with E-state index in [-0.39, 0.29) is 23.8 Å².